The summed E-state index contributed by atoms with van der Waals surface area (Å²) in [6.45, 7) is 4.38. The molecule has 0 amide bonds. The number of fused-ring (bicyclic) bond motifs is 1. The Bertz CT molecular complexity index is 1190. The van der Waals surface area contributed by atoms with E-state index in [0.29, 0.717) is 0 Å². The van der Waals surface area contributed by atoms with Crippen LogP contribution in [0.2, 0.25) is 0 Å². The van der Waals surface area contributed by atoms with Gasteiger partial charge in [0.2, 0.25) is 0 Å². The van der Waals surface area contributed by atoms with Crippen LogP contribution in [0.3, 0.4) is 0 Å². The van der Waals surface area contributed by atoms with Gasteiger partial charge < -0.3 is 4.57 Å². The molecule has 0 aliphatic carbocycles. The lowest BCUT2D eigenvalue weighted by atomic mass is 10.1. The average Bonchev–Trinajstić information content (AvgIpc) is 3.33. The van der Waals surface area contributed by atoms with Crippen molar-refractivity contribution in [2.24, 2.45) is 5.10 Å². The Hall–Kier alpha value is -2.98. The minimum absolute atomic E-state index is 0.130. The topological polar surface area (TPSA) is 29.3 Å². The average molecular weight is 384 g/mol. The quantitative estimate of drug-likeness (QED) is 0.474. The van der Waals surface area contributed by atoms with E-state index >= 15 is 0 Å². The lowest BCUT2D eigenvalue weighted by Gasteiger charge is -2.14. The smallest absolute Gasteiger partial charge is 0.126 e. The predicted octanol–water partition coefficient (Wildman–Crippen LogP) is 5.94. The molecule has 2 heterocycles. The second-order valence-electron chi connectivity index (χ2n) is 7.07. The summed E-state index contributed by atoms with van der Waals surface area (Å²) in [6, 6.07) is 27.7. The normalized spacial score (nSPS) is 16.2. The highest BCUT2D eigenvalue weighted by Gasteiger charge is 2.26. The zero-order valence-electron chi connectivity index (χ0n) is 15.9. The number of nitrogens with zero attached hydrogens (tertiary/aromatic N) is 2. The van der Waals surface area contributed by atoms with Gasteiger partial charge in [0.25, 0.3) is 0 Å². The molecule has 1 aliphatic heterocycles. The molecule has 1 atom stereocenters. The Morgan fingerprint density at radius 2 is 1.64 bits per heavy atom. The van der Waals surface area contributed by atoms with E-state index in [1.165, 1.54) is 33.4 Å². The Morgan fingerprint density at radius 3 is 2.50 bits per heavy atom. The highest BCUT2D eigenvalue weighted by Crippen LogP contribution is 2.38. The molecule has 1 N–H and O–H groups in total. The number of thioether (sulfide) groups is 1. The zero-order valence-corrected chi connectivity index (χ0v) is 16.7. The summed E-state index contributed by atoms with van der Waals surface area (Å²) in [5, 5.41) is 8.29. The van der Waals surface area contributed by atoms with Crippen LogP contribution in [0.1, 0.15) is 27.9 Å². The maximum atomic E-state index is 4.59. The fraction of sp³-hybridized carbons (Fsp3) is 0.125. The molecule has 138 valence electrons. The molecule has 3 nitrogen and oxygen atoms in total. The van der Waals surface area contributed by atoms with Crippen LogP contribution < -0.4 is 5.43 Å². The summed E-state index contributed by atoms with van der Waals surface area (Å²) in [7, 11) is 0. The lowest BCUT2D eigenvalue weighted by Crippen LogP contribution is -2.08. The van der Waals surface area contributed by atoms with Gasteiger partial charge in [0.1, 0.15) is 10.4 Å². The van der Waals surface area contributed by atoms with E-state index in [9.17, 15) is 0 Å². The predicted molar refractivity (Wildman–Crippen MR) is 119 cm³/mol. The molecule has 0 saturated heterocycles. The van der Waals surface area contributed by atoms with Gasteiger partial charge in [-0.15, -0.1) is 0 Å². The van der Waals surface area contributed by atoms with E-state index in [4.69, 9.17) is 0 Å². The first kappa shape index (κ1) is 17.1. The van der Waals surface area contributed by atoms with Crippen molar-refractivity contribution in [2.45, 2.75) is 19.2 Å². The Kier molecular flexibility index (Phi) is 4.21. The second kappa shape index (κ2) is 6.88. The van der Waals surface area contributed by atoms with Crippen LogP contribution >= 0.6 is 11.8 Å². The van der Waals surface area contributed by atoms with Crippen LogP contribution in [0.25, 0.3) is 16.5 Å². The van der Waals surface area contributed by atoms with Crippen molar-refractivity contribution in [1.29, 1.82) is 0 Å². The second-order valence-corrected chi connectivity index (χ2v) is 8.16. The molecule has 4 aromatic rings. The first-order chi connectivity index (χ1) is 13.7. The van der Waals surface area contributed by atoms with Crippen molar-refractivity contribution >= 4 is 27.6 Å². The molecule has 0 bridgehead atoms. The summed E-state index contributed by atoms with van der Waals surface area (Å²) in [6.07, 6.45) is 0. The highest BCUT2D eigenvalue weighted by atomic mass is 32.2. The minimum Gasteiger partial charge on any atom is -0.317 e. The molecule has 0 fully saturated rings. The molecule has 4 heteroatoms. The molecule has 0 radical (unpaired) electrons. The molecule has 5 rings (SSSR count). The number of nitrogens with one attached hydrogen (secondary N) is 1. The van der Waals surface area contributed by atoms with E-state index in [1.807, 2.05) is 6.07 Å². The summed E-state index contributed by atoms with van der Waals surface area (Å²) in [5.74, 6) is 0. The summed E-state index contributed by atoms with van der Waals surface area (Å²) < 4.78 is 2.36. The summed E-state index contributed by atoms with van der Waals surface area (Å²) in [5.41, 5.74) is 9.49. The lowest BCUT2D eigenvalue weighted by molar-refractivity contribution is 0.737. The first-order valence-electron chi connectivity index (χ1n) is 9.44. The van der Waals surface area contributed by atoms with Crippen molar-refractivity contribution in [3.63, 3.8) is 0 Å². The number of hydrogen-bond donors (Lipinski definition) is 1. The fourth-order valence-corrected chi connectivity index (χ4v) is 5.03. The van der Waals surface area contributed by atoms with E-state index < -0.39 is 0 Å². The third-order valence-electron chi connectivity index (χ3n) is 5.29. The molecule has 0 spiro atoms. The van der Waals surface area contributed by atoms with Crippen molar-refractivity contribution in [3.8, 4) is 5.69 Å². The SMILES string of the molecule is Cc1cc([C@H]2NN=C(c3ccccc3)S2)c(C)n1-c1cccc2ccccc12. The number of aryl methyl sites for hydroxylation is 1. The Balaban J connectivity index is 1.53. The van der Waals surface area contributed by atoms with Gasteiger partial charge in [-0.3, -0.25) is 5.43 Å². The third kappa shape index (κ3) is 2.81. The third-order valence-corrected chi connectivity index (χ3v) is 6.44. The maximum Gasteiger partial charge on any atom is 0.126 e. The monoisotopic (exact) mass is 383 g/mol. The van der Waals surface area contributed by atoms with Gasteiger partial charge in [0, 0.05) is 27.9 Å². The highest BCUT2D eigenvalue weighted by molar-refractivity contribution is 8.14. The number of hydrazone groups is 1. The number of aromatic nitrogens is 1. The first-order valence-corrected chi connectivity index (χ1v) is 10.3. The fourth-order valence-electron chi connectivity index (χ4n) is 3.95. The number of hydrogen-bond acceptors (Lipinski definition) is 3. The molecule has 0 unspecified atom stereocenters. The molecule has 3 aromatic carbocycles. The van der Waals surface area contributed by atoms with E-state index in [-0.39, 0.29) is 5.37 Å². The van der Waals surface area contributed by atoms with Gasteiger partial charge in [0.15, 0.2) is 0 Å². The van der Waals surface area contributed by atoms with Gasteiger partial charge in [-0.2, -0.15) is 5.10 Å². The zero-order chi connectivity index (χ0) is 19.1. The molecule has 1 aromatic heterocycles. The molecular weight excluding hydrogens is 362 g/mol. The van der Waals surface area contributed by atoms with Crippen LogP contribution in [-0.2, 0) is 0 Å². The molecule has 28 heavy (non-hydrogen) atoms. The van der Waals surface area contributed by atoms with Crippen molar-refractivity contribution < 1.29 is 0 Å². The minimum atomic E-state index is 0.130. The standard InChI is InChI=1S/C24H21N3S/c1-16-15-21(24-26-25-23(28-24)19-10-4-3-5-11-19)17(2)27(16)22-14-8-12-18-9-6-7-13-20(18)22/h3-15,24,26H,1-2H3/t24-/m0/s1. The van der Waals surface area contributed by atoms with Crippen LogP contribution in [-0.4, -0.2) is 9.61 Å². The van der Waals surface area contributed by atoms with E-state index in [1.54, 1.807) is 11.8 Å². The van der Waals surface area contributed by atoms with Crippen molar-refractivity contribution in [3.05, 3.63) is 101 Å². The van der Waals surface area contributed by atoms with Gasteiger partial charge >= 0.3 is 0 Å². The van der Waals surface area contributed by atoms with E-state index in [2.05, 4.69) is 102 Å². The molecular formula is C24H21N3S. The van der Waals surface area contributed by atoms with Crippen LogP contribution in [0.4, 0.5) is 0 Å². The summed E-state index contributed by atoms with van der Waals surface area (Å²) in [4.78, 5) is 0. The summed E-state index contributed by atoms with van der Waals surface area (Å²) >= 11 is 1.78. The van der Waals surface area contributed by atoms with Crippen LogP contribution in [0.15, 0.2) is 84.0 Å². The van der Waals surface area contributed by atoms with E-state index in [0.717, 1.165) is 10.6 Å². The van der Waals surface area contributed by atoms with Crippen molar-refractivity contribution in [2.75, 3.05) is 0 Å². The molecule has 0 saturated carbocycles. The van der Waals surface area contributed by atoms with Gasteiger partial charge in [-0.05, 0) is 31.4 Å². The van der Waals surface area contributed by atoms with Gasteiger partial charge in [-0.1, -0.05) is 78.5 Å². The maximum absolute atomic E-state index is 4.59. The Morgan fingerprint density at radius 1 is 0.893 bits per heavy atom. The molecule has 1 aliphatic rings. The number of benzene rings is 3. The van der Waals surface area contributed by atoms with Crippen molar-refractivity contribution in [1.82, 2.24) is 9.99 Å². The van der Waals surface area contributed by atoms with Crippen LogP contribution in [0, 0.1) is 13.8 Å². The largest absolute Gasteiger partial charge is 0.317 e. The van der Waals surface area contributed by atoms with Gasteiger partial charge in [0.05, 0.1) is 5.69 Å². The van der Waals surface area contributed by atoms with Gasteiger partial charge in [-0.25, -0.2) is 0 Å². The number of rotatable bonds is 3. The Labute approximate surface area is 169 Å². The van der Waals surface area contributed by atoms with Crippen LogP contribution in [0.5, 0.6) is 0 Å².